The van der Waals surface area contributed by atoms with Gasteiger partial charge in [0.15, 0.2) is 0 Å². The predicted molar refractivity (Wildman–Crippen MR) is 72.0 cm³/mol. The van der Waals surface area contributed by atoms with E-state index < -0.39 is 15.6 Å². The lowest BCUT2D eigenvalue weighted by atomic mass is 9.81. The van der Waals surface area contributed by atoms with Gasteiger partial charge >= 0.3 is 0 Å². The van der Waals surface area contributed by atoms with Gasteiger partial charge in [0.2, 0.25) is 10.0 Å². The molecule has 0 spiro atoms. The number of aliphatic hydroxyl groups is 1. The minimum Gasteiger partial charge on any atom is -0.389 e. The van der Waals surface area contributed by atoms with Crippen molar-refractivity contribution < 1.29 is 13.5 Å². The Morgan fingerprint density at radius 3 is 2.84 bits per heavy atom. The molecule has 1 aromatic carbocycles. The highest BCUT2D eigenvalue weighted by molar-refractivity contribution is 7.89. The average Bonchev–Trinajstić information content (AvgIpc) is 2.82. The number of sulfonamides is 1. The maximum Gasteiger partial charge on any atom is 0.242 e. The molecular formula is C11H13N3O3S2. The second-order valence-corrected chi connectivity index (χ2v) is 7.05. The molecule has 0 bridgehead atoms. The summed E-state index contributed by atoms with van der Waals surface area (Å²) in [7, 11) is -3.67. The fraction of sp³-hybridized carbons (Fsp3) is 0.455. The van der Waals surface area contributed by atoms with Crippen LogP contribution in [0.2, 0.25) is 0 Å². The van der Waals surface area contributed by atoms with E-state index in [2.05, 4.69) is 13.4 Å². The summed E-state index contributed by atoms with van der Waals surface area (Å²) in [5, 5.41) is 9.94. The van der Waals surface area contributed by atoms with E-state index in [4.69, 9.17) is 0 Å². The summed E-state index contributed by atoms with van der Waals surface area (Å²) in [6.45, 7) is 0.0449. The zero-order chi connectivity index (χ0) is 13.5. The van der Waals surface area contributed by atoms with Gasteiger partial charge in [-0.15, -0.1) is 0 Å². The van der Waals surface area contributed by atoms with Gasteiger partial charge in [0, 0.05) is 6.54 Å². The van der Waals surface area contributed by atoms with E-state index in [-0.39, 0.29) is 11.4 Å². The number of nitrogens with one attached hydrogen (secondary N) is 1. The Hall–Kier alpha value is -1.09. The first-order valence-electron chi connectivity index (χ1n) is 5.94. The maximum absolute atomic E-state index is 12.2. The molecule has 0 saturated heterocycles. The molecule has 1 heterocycles. The molecule has 1 fully saturated rings. The van der Waals surface area contributed by atoms with Crippen LogP contribution in [-0.2, 0) is 21.4 Å². The first-order chi connectivity index (χ1) is 9.00. The van der Waals surface area contributed by atoms with Crippen LogP contribution in [0.25, 0.3) is 0 Å². The molecule has 0 radical (unpaired) electrons. The maximum atomic E-state index is 12.2. The number of fused-ring (bicyclic) bond motifs is 1. The van der Waals surface area contributed by atoms with Gasteiger partial charge in [0.05, 0.1) is 17.0 Å². The summed E-state index contributed by atoms with van der Waals surface area (Å²) in [5.74, 6) is 0. The van der Waals surface area contributed by atoms with Gasteiger partial charge in [0.1, 0.15) is 16.3 Å². The molecule has 2 N–H and O–H groups in total. The molecule has 0 amide bonds. The van der Waals surface area contributed by atoms with Crippen LogP contribution in [0.5, 0.6) is 0 Å². The summed E-state index contributed by atoms with van der Waals surface area (Å²) in [6, 6.07) is 4.85. The Balaban J connectivity index is 1.85. The van der Waals surface area contributed by atoms with E-state index in [1.807, 2.05) is 0 Å². The van der Waals surface area contributed by atoms with Crippen molar-refractivity contribution in [1.29, 1.82) is 0 Å². The van der Waals surface area contributed by atoms with Crippen LogP contribution in [0.15, 0.2) is 31.8 Å². The molecule has 102 valence electrons. The normalized spacial score (nSPS) is 19.6. The Bertz CT molecular complexity index is 689. The molecule has 1 aliphatic carbocycles. The van der Waals surface area contributed by atoms with Gasteiger partial charge in [-0.05, 0) is 31.4 Å². The van der Waals surface area contributed by atoms with E-state index in [0.29, 0.717) is 24.2 Å². The van der Waals surface area contributed by atoms with E-state index in [0.717, 1.165) is 17.8 Å². The van der Waals surface area contributed by atoms with Crippen molar-refractivity contribution in [3.8, 4) is 0 Å². The van der Waals surface area contributed by atoms with Gasteiger partial charge in [-0.1, -0.05) is 6.07 Å². The lowest BCUT2D eigenvalue weighted by Gasteiger charge is -2.36. The van der Waals surface area contributed by atoms with Gasteiger partial charge in [0.25, 0.3) is 0 Å². The summed E-state index contributed by atoms with van der Waals surface area (Å²) in [4.78, 5) is 0.113. The molecule has 0 atom stereocenters. The molecule has 0 unspecified atom stereocenters. The first kappa shape index (κ1) is 12.9. The Kier molecular flexibility index (Phi) is 3.05. The first-order valence-corrected chi connectivity index (χ1v) is 8.15. The Labute approximate surface area is 114 Å². The van der Waals surface area contributed by atoms with Crippen molar-refractivity contribution in [1.82, 2.24) is 4.72 Å². The molecule has 19 heavy (non-hydrogen) atoms. The lowest BCUT2D eigenvalue weighted by Crippen LogP contribution is -2.47. The Morgan fingerprint density at radius 1 is 1.37 bits per heavy atom. The minimum atomic E-state index is -3.67. The zero-order valence-corrected chi connectivity index (χ0v) is 11.7. The third kappa shape index (κ3) is 2.36. The SMILES string of the molecule is O=S(=O)(NCC1(O)CCC1)c1cccc2c1N=S=N2. The third-order valence-corrected chi connectivity index (χ3v) is 5.39. The largest absolute Gasteiger partial charge is 0.389 e. The van der Waals surface area contributed by atoms with Crippen molar-refractivity contribution in [2.24, 2.45) is 8.73 Å². The van der Waals surface area contributed by atoms with Crippen molar-refractivity contribution in [2.75, 3.05) is 6.54 Å². The lowest BCUT2D eigenvalue weighted by molar-refractivity contribution is -0.0270. The molecule has 6 nitrogen and oxygen atoms in total. The standard InChI is InChI=1S/C11H13N3O3S2/c15-11(5-2-6-11)7-12-19(16,17)9-4-1-3-8-10(9)14-18-13-8/h1,3-4,12,15H,2,5-7H2. The third-order valence-electron chi connectivity index (χ3n) is 3.41. The van der Waals surface area contributed by atoms with Crippen LogP contribution >= 0.6 is 0 Å². The van der Waals surface area contributed by atoms with Crippen LogP contribution in [-0.4, -0.2) is 25.7 Å². The van der Waals surface area contributed by atoms with Crippen LogP contribution in [0.3, 0.4) is 0 Å². The average molecular weight is 299 g/mol. The number of hydrogen-bond donors (Lipinski definition) is 2. The smallest absolute Gasteiger partial charge is 0.242 e. The number of benzene rings is 1. The number of hydrogen-bond acceptors (Lipinski definition) is 5. The van der Waals surface area contributed by atoms with Gasteiger partial charge in [-0.25, -0.2) is 13.1 Å². The van der Waals surface area contributed by atoms with Crippen LogP contribution < -0.4 is 4.72 Å². The number of rotatable bonds is 4. The highest BCUT2D eigenvalue weighted by Gasteiger charge is 2.36. The fourth-order valence-electron chi connectivity index (χ4n) is 2.07. The topological polar surface area (TPSA) is 91.1 Å². The molecule has 1 aromatic rings. The molecule has 0 aromatic heterocycles. The predicted octanol–water partition coefficient (Wildman–Crippen LogP) is 1.61. The van der Waals surface area contributed by atoms with Crippen molar-refractivity contribution in [2.45, 2.75) is 29.8 Å². The monoisotopic (exact) mass is 299 g/mol. The molecule has 1 saturated carbocycles. The summed E-state index contributed by atoms with van der Waals surface area (Å²) >= 11 is 0.981. The molecule has 3 rings (SSSR count). The van der Waals surface area contributed by atoms with Gasteiger partial charge in [-0.3, -0.25) is 0 Å². The molecule has 8 heteroatoms. The van der Waals surface area contributed by atoms with Crippen molar-refractivity contribution in [3.63, 3.8) is 0 Å². The van der Waals surface area contributed by atoms with Crippen LogP contribution in [0.4, 0.5) is 11.4 Å². The van der Waals surface area contributed by atoms with Crippen molar-refractivity contribution >= 4 is 32.8 Å². The van der Waals surface area contributed by atoms with E-state index in [1.54, 1.807) is 12.1 Å². The molecule has 1 aliphatic heterocycles. The fourth-order valence-corrected chi connectivity index (χ4v) is 3.95. The van der Waals surface area contributed by atoms with Crippen LogP contribution in [0, 0.1) is 0 Å². The van der Waals surface area contributed by atoms with Gasteiger partial charge in [-0.2, -0.15) is 8.73 Å². The molecule has 2 aliphatic rings. The highest BCUT2D eigenvalue weighted by atomic mass is 32.2. The second-order valence-electron chi connectivity index (χ2n) is 4.79. The second kappa shape index (κ2) is 4.48. The quantitative estimate of drug-likeness (QED) is 0.898. The summed E-state index contributed by atoms with van der Waals surface area (Å²) in [6.07, 6.45) is 2.21. The van der Waals surface area contributed by atoms with Gasteiger partial charge < -0.3 is 5.11 Å². The van der Waals surface area contributed by atoms with Crippen molar-refractivity contribution in [3.05, 3.63) is 18.2 Å². The van der Waals surface area contributed by atoms with E-state index in [9.17, 15) is 13.5 Å². The van der Waals surface area contributed by atoms with E-state index >= 15 is 0 Å². The zero-order valence-electron chi connectivity index (χ0n) is 10.0. The Morgan fingerprint density at radius 2 is 2.16 bits per heavy atom. The summed E-state index contributed by atoms with van der Waals surface area (Å²) in [5.41, 5.74) is 0.0530. The number of nitrogens with zero attached hydrogens (tertiary/aromatic N) is 2. The van der Waals surface area contributed by atoms with Crippen LogP contribution in [0.1, 0.15) is 19.3 Å². The highest BCUT2D eigenvalue weighted by Crippen LogP contribution is 2.37. The minimum absolute atomic E-state index is 0.0449. The molecular weight excluding hydrogens is 286 g/mol. The van der Waals surface area contributed by atoms with E-state index in [1.165, 1.54) is 6.07 Å². The summed E-state index contributed by atoms with van der Waals surface area (Å²) < 4.78 is 35.0.